The summed E-state index contributed by atoms with van der Waals surface area (Å²) in [7, 11) is 0. The van der Waals surface area contributed by atoms with Crippen LogP contribution in [0.25, 0.3) is 0 Å². The molecule has 0 amide bonds. The summed E-state index contributed by atoms with van der Waals surface area (Å²) in [4.78, 5) is 1.20. The van der Waals surface area contributed by atoms with Crippen LogP contribution in [0.4, 0.5) is 13.2 Å². The summed E-state index contributed by atoms with van der Waals surface area (Å²) in [6, 6.07) is 2.14. The van der Waals surface area contributed by atoms with Crippen molar-refractivity contribution < 1.29 is 17.9 Å². The van der Waals surface area contributed by atoms with Crippen molar-refractivity contribution in [3.63, 3.8) is 0 Å². The predicted molar refractivity (Wildman–Crippen MR) is 71.6 cm³/mol. The molecule has 19 heavy (non-hydrogen) atoms. The van der Waals surface area contributed by atoms with Gasteiger partial charge in [-0.3, -0.25) is 0 Å². The van der Waals surface area contributed by atoms with Crippen molar-refractivity contribution in [2.24, 2.45) is 0 Å². The number of thiophene rings is 1. The summed E-state index contributed by atoms with van der Waals surface area (Å²) in [6.45, 7) is 3.86. The lowest BCUT2D eigenvalue weighted by atomic mass is 10.1. The first-order chi connectivity index (χ1) is 8.92. The van der Waals surface area contributed by atoms with Crippen LogP contribution in [0, 0.1) is 6.92 Å². The minimum Gasteiger partial charge on any atom is -0.372 e. The minimum atomic E-state index is -4.24. The monoisotopic (exact) mass is 295 g/mol. The molecule has 1 atom stereocenters. The summed E-state index contributed by atoms with van der Waals surface area (Å²) < 4.78 is 40.6. The molecule has 1 aromatic heterocycles. The van der Waals surface area contributed by atoms with E-state index in [9.17, 15) is 13.2 Å². The van der Waals surface area contributed by atoms with Gasteiger partial charge in [-0.2, -0.15) is 13.2 Å². The zero-order valence-corrected chi connectivity index (χ0v) is 12.0. The fourth-order valence-electron chi connectivity index (χ4n) is 1.74. The maximum absolute atomic E-state index is 12.0. The van der Waals surface area contributed by atoms with Gasteiger partial charge in [0.2, 0.25) is 0 Å². The van der Waals surface area contributed by atoms with Gasteiger partial charge >= 0.3 is 6.18 Å². The second-order valence-corrected chi connectivity index (χ2v) is 5.57. The number of hydrogen-bond acceptors (Lipinski definition) is 3. The van der Waals surface area contributed by atoms with Crippen molar-refractivity contribution in [2.75, 3.05) is 19.8 Å². The number of aryl methyl sites for hydroxylation is 1. The number of rotatable bonds is 8. The van der Waals surface area contributed by atoms with Crippen LogP contribution in [0.5, 0.6) is 0 Å². The molecule has 1 rings (SSSR count). The van der Waals surface area contributed by atoms with E-state index in [0.717, 1.165) is 18.5 Å². The van der Waals surface area contributed by atoms with Crippen LogP contribution in [0.3, 0.4) is 0 Å². The molecule has 0 saturated carbocycles. The first kappa shape index (κ1) is 16.5. The molecule has 0 saturated heterocycles. The van der Waals surface area contributed by atoms with E-state index in [-0.39, 0.29) is 12.6 Å². The van der Waals surface area contributed by atoms with Crippen LogP contribution in [0.1, 0.15) is 36.2 Å². The van der Waals surface area contributed by atoms with Gasteiger partial charge in [-0.25, -0.2) is 0 Å². The highest BCUT2D eigenvalue weighted by Crippen LogP contribution is 2.23. The number of hydrogen-bond donors (Lipinski definition) is 1. The molecule has 0 radical (unpaired) electrons. The van der Waals surface area contributed by atoms with E-state index in [1.807, 2.05) is 12.3 Å². The normalized spacial score (nSPS) is 13.7. The van der Waals surface area contributed by atoms with E-state index in [4.69, 9.17) is 0 Å². The zero-order valence-electron chi connectivity index (χ0n) is 11.2. The molecule has 1 N–H and O–H groups in total. The molecule has 0 aliphatic rings. The molecule has 0 spiro atoms. The molecular weight excluding hydrogens is 275 g/mol. The average Bonchev–Trinajstić information content (AvgIpc) is 2.73. The molecule has 6 heteroatoms. The number of nitrogens with one attached hydrogen (secondary N) is 1. The van der Waals surface area contributed by atoms with E-state index < -0.39 is 12.8 Å². The highest BCUT2D eigenvalue weighted by molar-refractivity contribution is 7.10. The van der Waals surface area contributed by atoms with Crippen molar-refractivity contribution in [3.05, 3.63) is 21.9 Å². The van der Waals surface area contributed by atoms with Gasteiger partial charge in [0, 0.05) is 17.5 Å². The lowest BCUT2D eigenvalue weighted by molar-refractivity contribution is -0.174. The Morgan fingerprint density at radius 3 is 2.68 bits per heavy atom. The van der Waals surface area contributed by atoms with Gasteiger partial charge in [0.05, 0.1) is 0 Å². The first-order valence-electron chi connectivity index (χ1n) is 6.35. The van der Waals surface area contributed by atoms with Crippen LogP contribution < -0.4 is 5.32 Å². The van der Waals surface area contributed by atoms with Crippen LogP contribution in [-0.2, 0) is 4.74 Å². The van der Waals surface area contributed by atoms with Crippen molar-refractivity contribution >= 4 is 11.3 Å². The highest BCUT2D eigenvalue weighted by atomic mass is 32.1. The lowest BCUT2D eigenvalue weighted by Crippen LogP contribution is -2.24. The third-order valence-corrected chi connectivity index (χ3v) is 3.49. The molecule has 0 aliphatic carbocycles. The quantitative estimate of drug-likeness (QED) is 0.730. The Kier molecular flexibility index (Phi) is 6.82. The first-order valence-corrected chi connectivity index (χ1v) is 7.23. The van der Waals surface area contributed by atoms with Crippen molar-refractivity contribution in [3.8, 4) is 0 Å². The van der Waals surface area contributed by atoms with Crippen molar-refractivity contribution in [2.45, 2.75) is 38.9 Å². The molecule has 1 aromatic rings. The topological polar surface area (TPSA) is 21.3 Å². The maximum Gasteiger partial charge on any atom is 0.411 e. The molecule has 0 aliphatic heterocycles. The number of ether oxygens (including phenoxy) is 1. The van der Waals surface area contributed by atoms with Gasteiger partial charge in [0.15, 0.2) is 0 Å². The molecule has 110 valence electrons. The minimum absolute atomic E-state index is 0.0677. The molecular formula is C13H20F3NOS. The van der Waals surface area contributed by atoms with Gasteiger partial charge in [0.25, 0.3) is 0 Å². The zero-order chi connectivity index (χ0) is 14.3. The van der Waals surface area contributed by atoms with E-state index in [0.29, 0.717) is 6.42 Å². The Labute approximate surface area is 116 Å². The Morgan fingerprint density at radius 1 is 1.42 bits per heavy atom. The third kappa shape index (κ3) is 6.94. The highest BCUT2D eigenvalue weighted by Gasteiger charge is 2.27. The van der Waals surface area contributed by atoms with Crippen LogP contribution in [-0.4, -0.2) is 25.9 Å². The fraction of sp³-hybridized carbons (Fsp3) is 0.692. The number of alkyl halides is 3. The Hall–Kier alpha value is -0.590. The maximum atomic E-state index is 12.0. The van der Waals surface area contributed by atoms with E-state index in [1.54, 1.807) is 11.3 Å². The Balaban J connectivity index is 2.42. The molecule has 1 heterocycles. The van der Waals surface area contributed by atoms with E-state index >= 15 is 0 Å². The van der Waals surface area contributed by atoms with Gasteiger partial charge < -0.3 is 10.1 Å². The van der Waals surface area contributed by atoms with Gasteiger partial charge in [0.1, 0.15) is 6.61 Å². The third-order valence-electron chi connectivity index (χ3n) is 2.61. The summed E-state index contributed by atoms with van der Waals surface area (Å²) in [5.74, 6) is 0. The second-order valence-electron chi connectivity index (χ2n) is 4.45. The van der Waals surface area contributed by atoms with Crippen LogP contribution in [0.15, 0.2) is 11.4 Å². The summed E-state index contributed by atoms with van der Waals surface area (Å²) >= 11 is 1.65. The van der Waals surface area contributed by atoms with E-state index in [2.05, 4.69) is 23.0 Å². The van der Waals surface area contributed by atoms with Crippen molar-refractivity contribution in [1.29, 1.82) is 0 Å². The summed E-state index contributed by atoms with van der Waals surface area (Å²) in [6.07, 6.45) is -2.71. The molecule has 1 unspecified atom stereocenters. The SMILES string of the molecule is CCCNC(CCOCC(F)(F)F)c1csc(C)c1. The van der Waals surface area contributed by atoms with Crippen molar-refractivity contribution in [1.82, 2.24) is 5.32 Å². The van der Waals surface area contributed by atoms with Crippen LogP contribution >= 0.6 is 11.3 Å². The smallest absolute Gasteiger partial charge is 0.372 e. The fourth-order valence-corrected chi connectivity index (χ4v) is 2.50. The molecule has 0 fully saturated rings. The predicted octanol–water partition coefficient (Wildman–Crippen LogP) is 4.07. The Morgan fingerprint density at radius 2 is 2.16 bits per heavy atom. The number of halogens is 3. The lowest BCUT2D eigenvalue weighted by Gasteiger charge is -2.18. The molecule has 0 aromatic carbocycles. The largest absolute Gasteiger partial charge is 0.411 e. The standard InChI is InChI=1S/C13H20F3NOS/c1-3-5-17-12(11-7-10(2)19-8-11)4-6-18-9-13(14,15)16/h7-8,12,17H,3-6,9H2,1-2H3. The Bertz CT molecular complexity index is 365. The summed E-state index contributed by atoms with van der Waals surface area (Å²) in [5.41, 5.74) is 1.13. The van der Waals surface area contributed by atoms with Crippen LogP contribution in [0.2, 0.25) is 0 Å². The average molecular weight is 295 g/mol. The molecule has 2 nitrogen and oxygen atoms in total. The van der Waals surface area contributed by atoms with Gasteiger partial charge in [-0.1, -0.05) is 6.92 Å². The second kappa shape index (κ2) is 7.87. The van der Waals surface area contributed by atoms with E-state index in [1.165, 1.54) is 4.88 Å². The van der Waals surface area contributed by atoms with Gasteiger partial charge in [-0.05, 0) is 43.3 Å². The van der Waals surface area contributed by atoms with Gasteiger partial charge in [-0.15, -0.1) is 11.3 Å². The molecule has 0 bridgehead atoms. The summed E-state index contributed by atoms with van der Waals surface area (Å²) in [5, 5.41) is 5.39.